The fourth-order valence-corrected chi connectivity index (χ4v) is 10.4. The summed E-state index contributed by atoms with van der Waals surface area (Å²) in [5.41, 5.74) is 17.8. The van der Waals surface area contributed by atoms with Crippen molar-refractivity contribution >= 4 is 38.6 Å². The van der Waals surface area contributed by atoms with Gasteiger partial charge in [0, 0.05) is 17.1 Å². The van der Waals surface area contributed by atoms with Crippen molar-refractivity contribution in [3.63, 3.8) is 0 Å². The van der Waals surface area contributed by atoms with Crippen LogP contribution < -0.4 is 4.90 Å². The molecule has 0 atom stereocenters. The predicted molar refractivity (Wildman–Crippen MR) is 270 cm³/mol. The van der Waals surface area contributed by atoms with Crippen LogP contribution in [-0.2, 0) is 5.41 Å². The lowest BCUT2D eigenvalue weighted by Gasteiger charge is -2.34. The SMILES string of the molecule is c1ccc(C2(c3ccccc3)c3ccccc3-c3c(-c4ccc(N(c5ccc(-c6cccc7ccccc67)cc5)c5cccc(-c6ccc7ccccc7c6)c5)cc4)cccc32)cc1. The largest absolute Gasteiger partial charge is 0.310 e. The smallest absolute Gasteiger partial charge is 0.0713 e. The molecule has 12 rings (SSSR count). The molecular formula is C63H43N. The van der Waals surface area contributed by atoms with Gasteiger partial charge < -0.3 is 4.90 Å². The Morgan fingerprint density at radius 2 is 0.766 bits per heavy atom. The highest BCUT2D eigenvalue weighted by Crippen LogP contribution is 2.58. The van der Waals surface area contributed by atoms with Gasteiger partial charge in [-0.25, -0.2) is 0 Å². The lowest BCUT2D eigenvalue weighted by atomic mass is 9.67. The number of nitrogens with zero attached hydrogens (tertiary/aromatic N) is 1. The van der Waals surface area contributed by atoms with Gasteiger partial charge in [-0.05, 0) is 131 Å². The normalized spacial score (nSPS) is 12.5. The van der Waals surface area contributed by atoms with Crippen molar-refractivity contribution in [1.29, 1.82) is 0 Å². The Labute approximate surface area is 374 Å². The summed E-state index contributed by atoms with van der Waals surface area (Å²) in [5.74, 6) is 0. The molecule has 0 spiro atoms. The molecule has 0 heterocycles. The maximum atomic E-state index is 2.39. The minimum atomic E-state index is -0.449. The van der Waals surface area contributed by atoms with E-state index in [0.29, 0.717) is 0 Å². The van der Waals surface area contributed by atoms with E-state index in [4.69, 9.17) is 0 Å². The van der Waals surface area contributed by atoms with Crippen LogP contribution in [0.2, 0.25) is 0 Å². The lowest BCUT2D eigenvalue weighted by molar-refractivity contribution is 0.768. The molecule has 300 valence electrons. The second-order valence-corrected chi connectivity index (χ2v) is 16.8. The van der Waals surface area contributed by atoms with E-state index in [9.17, 15) is 0 Å². The van der Waals surface area contributed by atoms with Crippen LogP contribution in [0.25, 0.3) is 66.1 Å². The standard InChI is InChI=1S/C63H43N/c1-3-21-51(22-4-1)63(52-23-5-2-6-24-52)60-30-12-11-27-59(60)62-58(29-15-31-61(62)63)47-36-40-54(41-37-47)64(53-38-34-46(35-39-53)57-28-14-19-45-17-9-10-26-56(45)57)55-25-13-20-49(43-55)50-33-32-44-16-7-8-18-48(44)42-50/h1-43H. The van der Waals surface area contributed by atoms with E-state index in [1.54, 1.807) is 0 Å². The summed E-state index contributed by atoms with van der Waals surface area (Å²) in [7, 11) is 0. The Balaban J connectivity index is 0.991. The van der Waals surface area contributed by atoms with Gasteiger partial charge in [0.25, 0.3) is 0 Å². The maximum absolute atomic E-state index is 2.39. The first-order valence-corrected chi connectivity index (χ1v) is 22.2. The van der Waals surface area contributed by atoms with Crippen LogP contribution >= 0.6 is 0 Å². The van der Waals surface area contributed by atoms with Gasteiger partial charge in [-0.2, -0.15) is 0 Å². The molecule has 0 saturated carbocycles. The molecule has 0 radical (unpaired) electrons. The Morgan fingerprint density at radius 3 is 1.50 bits per heavy atom. The third-order valence-corrected chi connectivity index (χ3v) is 13.3. The zero-order valence-electron chi connectivity index (χ0n) is 35.3. The van der Waals surface area contributed by atoms with Crippen molar-refractivity contribution in [2.75, 3.05) is 4.90 Å². The number of rotatable bonds is 8. The molecule has 1 heteroatoms. The Bertz CT molecular complexity index is 3430. The molecule has 0 saturated heterocycles. The molecule has 1 aliphatic rings. The number of anilines is 3. The zero-order chi connectivity index (χ0) is 42.5. The summed E-state index contributed by atoms with van der Waals surface area (Å²) in [6.07, 6.45) is 0. The Kier molecular flexibility index (Phi) is 9.13. The van der Waals surface area contributed by atoms with Crippen LogP contribution in [0.1, 0.15) is 22.3 Å². The third kappa shape index (κ3) is 6.16. The highest BCUT2D eigenvalue weighted by molar-refractivity contribution is 5.98. The second-order valence-electron chi connectivity index (χ2n) is 16.8. The number of hydrogen-bond acceptors (Lipinski definition) is 1. The van der Waals surface area contributed by atoms with Gasteiger partial charge in [0.1, 0.15) is 0 Å². The number of fused-ring (bicyclic) bond motifs is 5. The highest BCUT2D eigenvalue weighted by atomic mass is 15.1. The first-order chi connectivity index (χ1) is 31.7. The summed E-state index contributed by atoms with van der Waals surface area (Å²) in [4.78, 5) is 2.39. The molecule has 0 amide bonds. The first kappa shape index (κ1) is 37.5. The number of benzene rings is 11. The van der Waals surface area contributed by atoms with Crippen LogP contribution in [0.5, 0.6) is 0 Å². The Morgan fingerprint density at radius 1 is 0.266 bits per heavy atom. The zero-order valence-corrected chi connectivity index (χ0v) is 35.3. The molecule has 0 aromatic heterocycles. The van der Waals surface area contributed by atoms with Gasteiger partial charge in [0.2, 0.25) is 0 Å². The predicted octanol–water partition coefficient (Wildman–Crippen LogP) is 16.8. The summed E-state index contributed by atoms with van der Waals surface area (Å²) in [5, 5.41) is 4.98. The molecule has 64 heavy (non-hydrogen) atoms. The molecule has 0 N–H and O–H groups in total. The highest BCUT2D eigenvalue weighted by Gasteiger charge is 2.46. The van der Waals surface area contributed by atoms with Crippen LogP contribution in [-0.4, -0.2) is 0 Å². The molecule has 1 nitrogen and oxygen atoms in total. The summed E-state index contributed by atoms with van der Waals surface area (Å²) in [6.45, 7) is 0. The Hall–Kier alpha value is -8.26. The van der Waals surface area contributed by atoms with Gasteiger partial charge in [-0.3, -0.25) is 0 Å². The van der Waals surface area contributed by atoms with Gasteiger partial charge in [-0.1, -0.05) is 218 Å². The number of hydrogen-bond donors (Lipinski definition) is 0. The van der Waals surface area contributed by atoms with E-state index in [2.05, 4.69) is 266 Å². The van der Waals surface area contributed by atoms with E-state index in [0.717, 1.165) is 17.1 Å². The minimum absolute atomic E-state index is 0.449. The van der Waals surface area contributed by atoms with Crippen LogP contribution in [0.4, 0.5) is 17.1 Å². The topological polar surface area (TPSA) is 3.24 Å². The van der Waals surface area contributed by atoms with Gasteiger partial charge >= 0.3 is 0 Å². The average molecular weight is 814 g/mol. The molecule has 11 aromatic rings. The summed E-state index contributed by atoms with van der Waals surface area (Å²) < 4.78 is 0. The van der Waals surface area contributed by atoms with E-state index in [-0.39, 0.29) is 0 Å². The van der Waals surface area contributed by atoms with E-state index in [1.807, 2.05) is 0 Å². The molecule has 0 fully saturated rings. The maximum Gasteiger partial charge on any atom is 0.0713 e. The molecular weight excluding hydrogens is 771 g/mol. The van der Waals surface area contributed by atoms with Crippen molar-refractivity contribution in [2.24, 2.45) is 0 Å². The van der Waals surface area contributed by atoms with Gasteiger partial charge in [0.15, 0.2) is 0 Å². The van der Waals surface area contributed by atoms with E-state index < -0.39 is 5.41 Å². The van der Waals surface area contributed by atoms with Gasteiger partial charge in [-0.15, -0.1) is 0 Å². The van der Waals surface area contributed by atoms with Crippen molar-refractivity contribution in [3.8, 4) is 44.5 Å². The lowest BCUT2D eigenvalue weighted by Crippen LogP contribution is -2.28. The van der Waals surface area contributed by atoms with Crippen LogP contribution in [0, 0.1) is 0 Å². The van der Waals surface area contributed by atoms with E-state index >= 15 is 0 Å². The first-order valence-electron chi connectivity index (χ1n) is 22.2. The molecule has 11 aromatic carbocycles. The average Bonchev–Trinajstić information content (AvgIpc) is 3.68. The van der Waals surface area contributed by atoms with Crippen molar-refractivity contribution in [3.05, 3.63) is 283 Å². The molecule has 0 bridgehead atoms. The quantitative estimate of drug-likeness (QED) is 0.148. The monoisotopic (exact) mass is 813 g/mol. The fourth-order valence-electron chi connectivity index (χ4n) is 10.4. The van der Waals surface area contributed by atoms with Crippen molar-refractivity contribution in [2.45, 2.75) is 5.41 Å². The van der Waals surface area contributed by atoms with E-state index in [1.165, 1.54) is 88.3 Å². The van der Waals surface area contributed by atoms with Crippen molar-refractivity contribution in [1.82, 2.24) is 0 Å². The van der Waals surface area contributed by atoms with Gasteiger partial charge in [0.05, 0.1) is 5.41 Å². The molecule has 0 unspecified atom stereocenters. The third-order valence-electron chi connectivity index (χ3n) is 13.3. The van der Waals surface area contributed by atoms with Crippen LogP contribution in [0.15, 0.2) is 261 Å². The summed E-state index contributed by atoms with van der Waals surface area (Å²) in [6, 6.07) is 95.7. The van der Waals surface area contributed by atoms with Crippen molar-refractivity contribution < 1.29 is 0 Å². The minimum Gasteiger partial charge on any atom is -0.310 e. The fraction of sp³-hybridized carbons (Fsp3) is 0.0159. The molecule has 0 aliphatic heterocycles. The molecule has 1 aliphatic carbocycles. The summed E-state index contributed by atoms with van der Waals surface area (Å²) >= 11 is 0. The van der Waals surface area contributed by atoms with Crippen LogP contribution in [0.3, 0.4) is 0 Å². The second kappa shape index (κ2) is 15.6.